The molecule has 2 fully saturated rings. The summed E-state index contributed by atoms with van der Waals surface area (Å²) in [5, 5.41) is 4.33. The summed E-state index contributed by atoms with van der Waals surface area (Å²) in [6.45, 7) is 12.3. The quantitative estimate of drug-likeness (QED) is 0.296. The van der Waals surface area contributed by atoms with Gasteiger partial charge >= 0.3 is 0 Å². The second kappa shape index (κ2) is 15.9. The van der Waals surface area contributed by atoms with E-state index in [2.05, 4.69) is 51.0 Å². The van der Waals surface area contributed by atoms with E-state index in [-0.39, 0.29) is 22.5 Å². The van der Waals surface area contributed by atoms with Crippen LogP contribution in [-0.4, -0.2) is 98.6 Å². The number of amides is 1. The lowest BCUT2D eigenvalue weighted by atomic mass is 9.63. The van der Waals surface area contributed by atoms with Crippen molar-refractivity contribution in [1.82, 2.24) is 14.9 Å². The SMILES string of the molecule is CO[C@]1(CNCCN2CCOCC2)/C=C/CC(C)C(C)S(=O)NC(=O)c2ccc3c(c2)N(CC2CCC21)C[C@@]1(CCCc2cc(Cl)ccc21)CO3. The summed E-state index contributed by atoms with van der Waals surface area (Å²) in [5.41, 5.74) is 3.34. The number of benzene rings is 2. The van der Waals surface area contributed by atoms with Crippen LogP contribution in [0.3, 0.4) is 0 Å². The summed E-state index contributed by atoms with van der Waals surface area (Å²) in [5.74, 6) is 1.24. The monoisotopic (exact) mass is 738 g/mol. The van der Waals surface area contributed by atoms with Crippen LogP contribution in [0.25, 0.3) is 0 Å². The van der Waals surface area contributed by atoms with Gasteiger partial charge in [0.25, 0.3) is 5.91 Å². The minimum atomic E-state index is -1.55. The van der Waals surface area contributed by atoms with Crippen LogP contribution in [0.15, 0.2) is 48.6 Å². The molecule has 7 rings (SSSR count). The van der Waals surface area contributed by atoms with Gasteiger partial charge in [-0.3, -0.25) is 14.4 Å². The van der Waals surface area contributed by atoms with Gasteiger partial charge in [0.15, 0.2) is 0 Å². The number of methoxy groups -OCH3 is 1. The maximum atomic E-state index is 13.6. The summed E-state index contributed by atoms with van der Waals surface area (Å²) in [7, 11) is 0.314. The highest BCUT2D eigenvalue weighted by molar-refractivity contribution is 7.84. The maximum Gasteiger partial charge on any atom is 0.263 e. The molecule has 51 heavy (non-hydrogen) atoms. The van der Waals surface area contributed by atoms with E-state index in [0.717, 1.165) is 114 Å². The number of allylic oxidation sites excluding steroid dienone is 1. The largest absolute Gasteiger partial charge is 0.490 e. The van der Waals surface area contributed by atoms with Crippen LogP contribution >= 0.6 is 11.6 Å². The Hall–Kier alpha value is -2.47. The normalized spacial score (nSPS) is 33.6. The van der Waals surface area contributed by atoms with Crippen molar-refractivity contribution in [3.8, 4) is 5.75 Å². The van der Waals surface area contributed by atoms with Gasteiger partial charge in [-0.2, -0.15) is 0 Å². The van der Waals surface area contributed by atoms with Gasteiger partial charge in [0.05, 0.1) is 30.8 Å². The minimum absolute atomic E-state index is 0.0942. The van der Waals surface area contributed by atoms with E-state index in [1.54, 1.807) is 6.07 Å². The van der Waals surface area contributed by atoms with Crippen LogP contribution in [0.5, 0.6) is 5.75 Å². The van der Waals surface area contributed by atoms with Gasteiger partial charge < -0.3 is 24.4 Å². The Morgan fingerprint density at radius 3 is 2.76 bits per heavy atom. The van der Waals surface area contributed by atoms with Gasteiger partial charge in [-0.05, 0) is 105 Å². The lowest BCUT2D eigenvalue weighted by Crippen LogP contribution is -2.56. The van der Waals surface area contributed by atoms with Crippen LogP contribution in [-0.2, 0) is 32.3 Å². The average Bonchev–Trinajstić information content (AvgIpc) is 3.27. The van der Waals surface area contributed by atoms with E-state index in [1.165, 1.54) is 11.1 Å². The van der Waals surface area contributed by atoms with E-state index in [9.17, 15) is 9.00 Å². The van der Waals surface area contributed by atoms with Crippen molar-refractivity contribution in [2.45, 2.75) is 68.6 Å². The molecular weight excluding hydrogens is 684 g/mol. The third-order valence-corrected chi connectivity index (χ3v) is 14.3. The van der Waals surface area contributed by atoms with Crippen LogP contribution < -0.4 is 19.7 Å². The maximum absolute atomic E-state index is 13.6. The van der Waals surface area contributed by atoms with Gasteiger partial charge in [-0.25, -0.2) is 4.21 Å². The van der Waals surface area contributed by atoms with E-state index < -0.39 is 16.6 Å². The minimum Gasteiger partial charge on any atom is -0.490 e. The van der Waals surface area contributed by atoms with Gasteiger partial charge in [0.2, 0.25) is 0 Å². The average molecular weight is 739 g/mol. The summed E-state index contributed by atoms with van der Waals surface area (Å²) in [6, 6.07) is 12.0. The summed E-state index contributed by atoms with van der Waals surface area (Å²) >= 11 is 6.50. The number of aryl methyl sites for hydroxylation is 1. The molecule has 0 radical (unpaired) electrons. The van der Waals surface area contributed by atoms with Crippen molar-refractivity contribution in [2.24, 2.45) is 17.8 Å². The third kappa shape index (κ3) is 7.78. The molecule has 1 saturated heterocycles. The fourth-order valence-corrected chi connectivity index (χ4v) is 10.3. The van der Waals surface area contributed by atoms with Crippen molar-refractivity contribution in [2.75, 3.05) is 77.6 Å². The molecule has 7 atom stereocenters. The Balaban J connectivity index is 1.23. The van der Waals surface area contributed by atoms with E-state index in [4.69, 9.17) is 25.8 Å². The molecule has 0 aromatic heterocycles. The molecule has 2 bridgehead atoms. The number of nitrogens with zero attached hydrogens (tertiary/aromatic N) is 2. The molecule has 11 heteroatoms. The lowest BCUT2D eigenvalue weighted by Gasteiger charge is -2.50. The number of halogens is 1. The molecule has 1 spiro atoms. The number of anilines is 1. The molecule has 2 aromatic carbocycles. The first-order valence-corrected chi connectivity index (χ1v) is 20.6. The number of hydrogen-bond donors (Lipinski definition) is 2. The van der Waals surface area contributed by atoms with Crippen molar-refractivity contribution in [3.63, 3.8) is 0 Å². The number of fused-ring (bicyclic) bond motifs is 4. The first-order chi connectivity index (χ1) is 24.7. The first-order valence-electron chi connectivity index (χ1n) is 19.0. The lowest BCUT2D eigenvalue weighted by molar-refractivity contribution is -0.0735. The Morgan fingerprint density at radius 2 is 1.98 bits per heavy atom. The van der Waals surface area contributed by atoms with Crippen molar-refractivity contribution >= 4 is 34.2 Å². The van der Waals surface area contributed by atoms with Crippen LogP contribution in [0.1, 0.15) is 67.4 Å². The molecule has 5 aliphatic rings. The summed E-state index contributed by atoms with van der Waals surface area (Å²) in [6.07, 6.45) is 10.5. The Labute approximate surface area is 311 Å². The zero-order valence-corrected chi connectivity index (χ0v) is 32.0. The second-order valence-corrected chi connectivity index (χ2v) is 17.5. The number of nitrogens with one attached hydrogen (secondary N) is 2. The molecule has 3 heterocycles. The van der Waals surface area contributed by atoms with Gasteiger partial charge in [0, 0.05) is 68.9 Å². The van der Waals surface area contributed by atoms with Crippen LogP contribution in [0.4, 0.5) is 5.69 Å². The zero-order chi connectivity index (χ0) is 35.6. The molecule has 9 nitrogen and oxygen atoms in total. The van der Waals surface area contributed by atoms with Crippen LogP contribution in [0.2, 0.25) is 5.02 Å². The van der Waals surface area contributed by atoms with E-state index >= 15 is 0 Å². The molecule has 5 unspecified atom stereocenters. The predicted molar refractivity (Wildman–Crippen MR) is 204 cm³/mol. The molecule has 278 valence electrons. The molecule has 1 saturated carbocycles. The Morgan fingerprint density at radius 1 is 1.14 bits per heavy atom. The Kier molecular flexibility index (Phi) is 11.5. The number of hydrogen-bond acceptors (Lipinski definition) is 8. The summed E-state index contributed by atoms with van der Waals surface area (Å²) in [4.78, 5) is 18.5. The highest BCUT2D eigenvalue weighted by Gasteiger charge is 2.49. The number of carbonyl (C=O) groups is 1. The van der Waals surface area contributed by atoms with Gasteiger partial charge in [-0.1, -0.05) is 36.7 Å². The van der Waals surface area contributed by atoms with Crippen molar-refractivity contribution < 1.29 is 23.2 Å². The van der Waals surface area contributed by atoms with E-state index in [1.807, 2.05) is 32.2 Å². The topological polar surface area (TPSA) is 92.4 Å². The number of ether oxygens (including phenoxy) is 3. The number of morpholine rings is 1. The third-order valence-electron chi connectivity index (χ3n) is 12.5. The van der Waals surface area contributed by atoms with Crippen molar-refractivity contribution in [1.29, 1.82) is 0 Å². The molecule has 2 aromatic rings. The smallest absolute Gasteiger partial charge is 0.263 e. The fourth-order valence-electron chi connectivity index (χ4n) is 9.05. The van der Waals surface area contributed by atoms with E-state index in [0.29, 0.717) is 24.0 Å². The highest BCUT2D eigenvalue weighted by Crippen LogP contribution is 2.49. The molecule has 3 aliphatic heterocycles. The molecule has 1 amide bonds. The first kappa shape index (κ1) is 36.9. The number of rotatable bonds is 6. The Bertz CT molecular complexity index is 1620. The zero-order valence-electron chi connectivity index (χ0n) is 30.5. The summed E-state index contributed by atoms with van der Waals surface area (Å²) < 4.78 is 35.2. The van der Waals surface area contributed by atoms with Crippen LogP contribution in [0, 0.1) is 17.8 Å². The van der Waals surface area contributed by atoms with Gasteiger partial charge in [-0.15, -0.1) is 0 Å². The van der Waals surface area contributed by atoms with Gasteiger partial charge in [0.1, 0.15) is 22.3 Å². The fraction of sp³-hybridized carbons (Fsp3) is 0.625. The molecule has 2 aliphatic carbocycles. The standard InChI is InChI=1S/C40H55ClN4O5S/c1-28-6-4-15-40(48-3,25-42-16-17-44-18-20-49-21-19-44)35-11-8-32(35)24-45-26-39(14-5-7-30-22-33(41)10-12-34(30)39)27-50-37-13-9-31(23-36(37)45)38(46)43-51(47)29(28)2/h4,9-10,12-13,15,22-23,28-29,32,35,42H,5-8,11,14,16-21,24-27H2,1-3H3,(H,43,46)/b15-4+/t28?,29?,32?,35?,39-,40-,51?/m0/s1. The predicted octanol–water partition coefficient (Wildman–Crippen LogP) is 5.52. The number of carbonyl (C=O) groups excluding carboxylic acids is 1. The molecule has 2 N–H and O–H groups in total. The highest BCUT2D eigenvalue weighted by atomic mass is 35.5. The van der Waals surface area contributed by atoms with Crippen molar-refractivity contribution in [3.05, 3.63) is 70.3 Å². The molecular formula is C40H55ClN4O5S. The second-order valence-electron chi connectivity index (χ2n) is 15.6.